The van der Waals surface area contributed by atoms with E-state index in [4.69, 9.17) is 5.73 Å². The zero-order valence-corrected chi connectivity index (χ0v) is 31.9. The second-order valence-corrected chi connectivity index (χ2v) is 15.0. The Morgan fingerprint density at radius 3 is 2.39 bits per heavy atom. The molecule has 6 N–H and O–H groups in total. The van der Waals surface area contributed by atoms with Gasteiger partial charge in [-0.05, 0) is 68.4 Å². The van der Waals surface area contributed by atoms with Gasteiger partial charge < -0.3 is 36.4 Å². The minimum Gasteiger partial charge on any atom is -0.370 e. The van der Waals surface area contributed by atoms with Crippen molar-refractivity contribution in [2.24, 2.45) is 11.7 Å². The Morgan fingerprint density at radius 1 is 0.912 bits per heavy atom. The lowest BCUT2D eigenvalue weighted by Crippen LogP contribution is -2.52. The standard InChI is InChI=1S/C38H48FN13O5/c1-23(53)42-26-3-2-12-52(22-26)38-46-35(33(34(40)55)47-48-38)43-25-4-8-31(28(39)19-25)51-17-15-49(16-18-51)21-24-10-13-50(14-11-24)27-5-6-29(41-20-27)36(56)44-30-7-9-32(54)45-37(30)57/h4-6,8,19-20,24,26,30H,2-3,7,9-18,21-22H2,1H3,(H2,40,55)(H,42,53)(H,44,56)(H,43,46,48)(H,45,54,57)/t26-,30?/m1/s1. The van der Waals surface area contributed by atoms with Crippen molar-refractivity contribution in [3.05, 3.63) is 53.7 Å². The molecule has 4 saturated heterocycles. The first-order chi connectivity index (χ1) is 27.5. The molecule has 18 nitrogen and oxygen atoms in total. The van der Waals surface area contributed by atoms with E-state index in [0.717, 1.165) is 64.1 Å². The zero-order valence-electron chi connectivity index (χ0n) is 31.9. The van der Waals surface area contributed by atoms with E-state index in [9.17, 15) is 24.0 Å². The first-order valence-electron chi connectivity index (χ1n) is 19.4. The number of carbonyl (C=O) groups is 5. The van der Waals surface area contributed by atoms with Crippen molar-refractivity contribution in [3.63, 3.8) is 0 Å². The number of nitrogens with zero attached hydrogens (tertiary/aromatic N) is 8. The van der Waals surface area contributed by atoms with Gasteiger partial charge in [-0.25, -0.2) is 9.37 Å². The van der Waals surface area contributed by atoms with Gasteiger partial charge in [0.25, 0.3) is 11.8 Å². The molecule has 4 aliphatic rings. The van der Waals surface area contributed by atoms with Crippen LogP contribution in [0.4, 0.5) is 33.2 Å². The first kappa shape index (κ1) is 39.3. The third-order valence-corrected chi connectivity index (χ3v) is 11.0. The Morgan fingerprint density at radius 2 is 1.70 bits per heavy atom. The van der Waals surface area contributed by atoms with Crippen molar-refractivity contribution in [3.8, 4) is 0 Å². The van der Waals surface area contributed by atoms with Gasteiger partial charge in [0, 0.05) is 84.0 Å². The molecule has 19 heteroatoms. The van der Waals surface area contributed by atoms with Crippen molar-refractivity contribution in [1.82, 2.24) is 41.0 Å². The third kappa shape index (κ3) is 9.70. The number of halogens is 1. The highest BCUT2D eigenvalue weighted by Gasteiger charge is 2.30. The molecule has 302 valence electrons. The Hall–Kier alpha value is -5.98. The van der Waals surface area contributed by atoms with E-state index >= 15 is 4.39 Å². The fraction of sp³-hybridized carbons (Fsp3) is 0.500. The van der Waals surface area contributed by atoms with E-state index < -0.39 is 29.6 Å². The number of pyridine rings is 1. The largest absolute Gasteiger partial charge is 0.370 e. The Balaban J connectivity index is 0.874. The number of piperidine rings is 3. The number of anilines is 5. The number of nitrogens with one attached hydrogen (secondary N) is 4. The maximum atomic E-state index is 15.6. The lowest BCUT2D eigenvalue weighted by atomic mass is 9.95. The molecule has 2 atom stereocenters. The summed E-state index contributed by atoms with van der Waals surface area (Å²) in [5.74, 6) is -1.76. The van der Waals surface area contributed by atoms with Crippen LogP contribution in [0.1, 0.15) is 66.4 Å². The number of aromatic nitrogens is 4. The van der Waals surface area contributed by atoms with Gasteiger partial charge in [0.2, 0.25) is 23.7 Å². The molecule has 0 saturated carbocycles. The summed E-state index contributed by atoms with van der Waals surface area (Å²) < 4.78 is 15.6. The number of nitrogens with two attached hydrogens (primary N) is 1. The van der Waals surface area contributed by atoms with Crippen LogP contribution in [0.15, 0.2) is 36.5 Å². The molecule has 4 aliphatic heterocycles. The normalized spacial score (nSPS) is 20.8. The van der Waals surface area contributed by atoms with Crippen molar-refractivity contribution in [2.45, 2.75) is 57.5 Å². The molecule has 1 aromatic carbocycles. The van der Waals surface area contributed by atoms with Crippen LogP contribution in [0.25, 0.3) is 0 Å². The van der Waals surface area contributed by atoms with Crippen LogP contribution in [0.5, 0.6) is 0 Å². The SMILES string of the molecule is CC(=O)N[C@@H]1CCCN(c2nnc(C(N)=O)c(Nc3ccc(N4CCN(CC5CCN(c6ccc(C(=O)NC7CCC(=O)NC7=O)nc6)CC5)CC4)c(F)c3)n2)C1. The molecule has 0 spiro atoms. The van der Waals surface area contributed by atoms with Gasteiger partial charge in [-0.15, -0.1) is 10.2 Å². The number of amides is 5. The van der Waals surface area contributed by atoms with Crippen LogP contribution < -0.4 is 41.7 Å². The summed E-state index contributed by atoms with van der Waals surface area (Å²) in [5, 5.41) is 19.0. The Bertz CT molecular complexity index is 1990. The van der Waals surface area contributed by atoms with Crippen LogP contribution in [0.2, 0.25) is 0 Å². The maximum absolute atomic E-state index is 15.6. The molecule has 7 rings (SSSR count). The number of hydrogen-bond acceptors (Lipinski definition) is 14. The van der Waals surface area contributed by atoms with Gasteiger partial charge in [-0.3, -0.25) is 34.2 Å². The van der Waals surface area contributed by atoms with Crippen LogP contribution in [0.3, 0.4) is 0 Å². The predicted octanol–water partition coefficient (Wildman–Crippen LogP) is 0.927. The van der Waals surface area contributed by atoms with Crippen LogP contribution in [-0.2, 0) is 14.4 Å². The fourth-order valence-corrected chi connectivity index (χ4v) is 7.93. The third-order valence-electron chi connectivity index (χ3n) is 11.0. The molecule has 5 amide bonds. The number of carbonyl (C=O) groups excluding carboxylic acids is 5. The van der Waals surface area contributed by atoms with Crippen LogP contribution in [0, 0.1) is 11.7 Å². The first-order valence-corrected chi connectivity index (χ1v) is 19.4. The van der Waals surface area contributed by atoms with E-state index in [2.05, 4.69) is 51.2 Å². The average molecular weight is 786 g/mol. The highest BCUT2D eigenvalue weighted by Crippen LogP contribution is 2.29. The highest BCUT2D eigenvalue weighted by molar-refractivity contribution is 6.03. The second kappa shape index (κ2) is 17.4. The molecular weight excluding hydrogens is 738 g/mol. The minimum atomic E-state index is -0.819. The second-order valence-electron chi connectivity index (χ2n) is 15.0. The number of rotatable bonds is 11. The summed E-state index contributed by atoms with van der Waals surface area (Å²) in [6.45, 7) is 8.28. The molecular formula is C38H48FN13O5. The maximum Gasteiger partial charge on any atom is 0.273 e. The predicted molar refractivity (Wildman–Crippen MR) is 209 cm³/mol. The molecule has 4 fully saturated rings. The number of piperazine rings is 1. The summed E-state index contributed by atoms with van der Waals surface area (Å²) >= 11 is 0. The Kier molecular flexibility index (Phi) is 12.0. The molecule has 3 aromatic rings. The van der Waals surface area contributed by atoms with Gasteiger partial charge in [-0.2, -0.15) is 4.98 Å². The molecule has 0 bridgehead atoms. The van der Waals surface area contributed by atoms with E-state index in [1.165, 1.54) is 13.0 Å². The van der Waals surface area contributed by atoms with E-state index in [0.29, 0.717) is 43.5 Å². The lowest BCUT2D eigenvalue weighted by molar-refractivity contribution is -0.134. The van der Waals surface area contributed by atoms with Gasteiger partial charge in [0.05, 0.1) is 17.6 Å². The van der Waals surface area contributed by atoms with Gasteiger partial charge in [-0.1, -0.05) is 0 Å². The average Bonchev–Trinajstić information content (AvgIpc) is 3.19. The van der Waals surface area contributed by atoms with Gasteiger partial charge >= 0.3 is 0 Å². The number of benzene rings is 1. The van der Waals surface area contributed by atoms with E-state index in [1.807, 2.05) is 15.9 Å². The summed E-state index contributed by atoms with van der Waals surface area (Å²) in [6.07, 6.45) is 5.80. The molecule has 0 aliphatic carbocycles. The van der Waals surface area contributed by atoms with Crippen molar-refractivity contribution in [1.29, 1.82) is 0 Å². The van der Waals surface area contributed by atoms with Crippen molar-refractivity contribution in [2.75, 3.05) is 78.9 Å². The zero-order chi connectivity index (χ0) is 40.1. The molecule has 57 heavy (non-hydrogen) atoms. The summed E-state index contributed by atoms with van der Waals surface area (Å²) in [5.41, 5.74) is 7.43. The van der Waals surface area contributed by atoms with Gasteiger partial charge in [0.15, 0.2) is 11.5 Å². The van der Waals surface area contributed by atoms with E-state index in [-0.39, 0.29) is 53.9 Å². The van der Waals surface area contributed by atoms with E-state index in [1.54, 1.807) is 24.4 Å². The molecule has 2 aromatic heterocycles. The van der Waals surface area contributed by atoms with Crippen molar-refractivity contribution < 1.29 is 28.4 Å². The van der Waals surface area contributed by atoms with Crippen molar-refractivity contribution >= 4 is 58.4 Å². The number of imide groups is 1. The quantitative estimate of drug-likeness (QED) is 0.171. The molecule has 0 radical (unpaired) electrons. The highest BCUT2D eigenvalue weighted by atomic mass is 19.1. The minimum absolute atomic E-state index is 0.0654. The lowest BCUT2D eigenvalue weighted by Gasteiger charge is -2.40. The molecule has 1 unspecified atom stereocenters. The number of primary amides is 1. The van der Waals surface area contributed by atoms with Crippen LogP contribution >= 0.6 is 0 Å². The summed E-state index contributed by atoms with van der Waals surface area (Å²) in [6, 6.07) is 7.53. The monoisotopic (exact) mass is 785 g/mol. The summed E-state index contributed by atoms with van der Waals surface area (Å²) in [7, 11) is 0. The topological polar surface area (TPSA) is 224 Å². The smallest absolute Gasteiger partial charge is 0.273 e. The number of hydrogen-bond donors (Lipinski definition) is 5. The van der Waals surface area contributed by atoms with Gasteiger partial charge in [0.1, 0.15) is 17.6 Å². The summed E-state index contributed by atoms with van der Waals surface area (Å²) in [4.78, 5) is 77.3. The van der Waals surface area contributed by atoms with Crippen LogP contribution in [-0.4, -0.2) is 126 Å². The fourth-order valence-electron chi connectivity index (χ4n) is 7.93. The Labute approximate surface area is 329 Å². The molecule has 6 heterocycles.